The van der Waals surface area contributed by atoms with Crippen molar-refractivity contribution in [3.05, 3.63) is 30.1 Å². The Kier molecular flexibility index (Phi) is 6.32. The SMILES string of the molecule is COC(=O)[C@H](C)C[C@@H](NC(=O)c1ccccn1)C(=O)OC. The predicted octanol–water partition coefficient (Wildman–Crippen LogP) is 0.552. The number of nitrogens with zero attached hydrogens (tertiary/aromatic N) is 1. The van der Waals surface area contributed by atoms with Crippen molar-refractivity contribution in [2.45, 2.75) is 19.4 Å². The van der Waals surface area contributed by atoms with E-state index in [0.717, 1.165) is 0 Å². The Hall–Kier alpha value is -2.44. The molecule has 0 bridgehead atoms. The molecule has 2 atom stereocenters. The summed E-state index contributed by atoms with van der Waals surface area (Å²) in [6, 6.07) is 3.91. The molecule has 1 amide bonds. The van der Waals surface area contributed by atoms with Crippen LogP contribution in [0.5, 0.6) is 0 Å². The van der Waals surface area contributed by atoms with Gasteiger partial charge in [-0.05, 0) is 18.6 Å². The summed E-state index contributed by atoms with van der Waals surface area (Å²) in [6.45, 7) is 1.61. The second-order valence-electron chi connectivity index (χ2n) is 4.42. The minimum Gasteiger partial charge on any atom is -0.469 e. The van der Waals surface area contributed by atoms with E-state index in [1.54, 1.807) is 19.1 Å². The molecule has 7 heteroatoms. The number of rotatable bonds is 6. The summed E-state index contributed by atoms with van der Waals surface area (Å²) >= 11 is 0. The second-order valence-corrected chi connectivity index (χ2v) is 4.42. The normalized spacial score (nSPS) is 12.9. The van der Waals surface area contributed by atoms with Crippen LogP contribution in [0.15, 0.2) is 24.4 Å². The number of aromatic nitrogens is 1. The van der Waals surface area contributed by atoms with Gasteiger partial charge in [-0.15, -0.1) is 0 Å². The molecule has 1 N–H and O–H groups in total. The molecule has 1 rings (SSSR count). The summed E-state index contributed by atoms with van der Waals surface area (Å²) in [4.78, 5) is 39.0. The third kappa shape index (κ3) is 4.87. The Balaban J connectivity index is 2.77. The van der Waals surface area contributed by atoms with Crippen molar-refractivity contribution in [2.75, 3.05) is 14.2 Å². The quantitative estimate of drug-likeness (QED) is 0.770. The number of nitrogens with one attached hydrogen (secondary N) is 1. The van der Waals surface area contributed by atoms with Gasteiger partial charge in [0.25, 0.3) is 5.91 Å². The molecule has 7 nitrogen and oxygen atoms in total. The van der Waals surface area contributed by atoms with Crippen LogP contribution in [0, 0.1) is 5.92 Å². The van der Waals surface area contributed by atoms with Crippen molar-refractivity contribution in [2.24, 2.45) is 5.92 Å². The number of carbonyl (C=O) groups excluding carboxylic acids is 3. The lowest BCUT2D eigenvalue weighted by Crippen LogP contribution is -2.43. The largest absolute Gasteiger partial charge is 0.469 e. The second kappa shape index (κ2) is 7.98. The first-order valence-corrected chi connectivity index (χ1v) is 6.37. The van der Waals surface area contributed by atoms with Crippen LogP contribution >= 0.6 is 0 Å². The molecule has 0 aliphatic heterocycles. The Morgan fingerprint density at radius 1 is 1.19 bits per heavy atom. The number of pyridine rings is 1. The van der Waals surface area contributed by atoms with Crippen LogP contribution in [-0.2, 0) is 19.1 Å². The van der Waals surface area contributed by atoms with E-state index in [-0.39, 0.29) is 12.1 Å². The van der Waals surface area contributed by atoms with Crippen molar-refractivity contribution in [3.63, 3.8) is 0 Å². The molecule has 0 spiro atoms. The highest BCUT2D eigenvalue weighted by Gasteiger charge is 2.27. The predicted molar refractivity (Wildman–Crippen MR) is 73.3 cm³/mol. The fourth-order valence-corrected chi connectivity index (χ4v) is 1.74. The minimum atomic E-state index is -0.946. The highest BCUT2D eigenvalue weighted by molar-refractivity contribution is 5.95. The number of amides is 1. The Labute approximate surface area is 122 Å². The number of methoxy groups -OCH3 is 2. The number of esters is 2. The first-order valence-electron chi connectivity index (χ1n) is 6.37. The molecule has 0 aromatic carbocycles. The van der Waals surface area contributed by atoms with Gasteiger partial charge in [-0.3, -0.25) is 14.6 Å². The monoisotopic (exact) mass is 294 g/mol. The average molecular weight is 294 g/mol. The zero-order valence-corrected chi connectivity index (χ0v) is 12.2. The molecule has 0 saturated carbocycles. The zero-order valence-electron chi connectivity index (χ0n) is 12.2. The van der Waals surface area contributed by atoms with Crippen molar-refractivity contribution < 1.29 is 23.9 Å². The highest BCUT2D eigenvalue weighted by atomic mass is 16.5. The first-order chi connectivity index (χ1) is 9.99. The van der Waals surface area contributed by atoms with E-state index >= 15 is 0 Å². The summed E-state index contributed by atoms with van der Waals surface area (Å²) in [5, 5.41) is 2.51. The molecule has 1 heterocycles. The molecule has 1 aromatic rings. The maximum Gasteiger partial charge on any atom is 0.328 e. The van der Waals surface area contributed by atoms with Gasteiger partial charge < -0.3 is 14.8 Å². The summed E-state index contributed by atoms with van der Waals surface area (Å²) in [7, 11) is 2.48. The third-order valence-electron chi connectivity index (χ3n) is 2.88. The summed E-state index contributed by atoms with van der Waals surface area (Å²) < 4.78 is 9.24. The average Bonchev–Trinajstić information content (AvgIpc) is 2.53. The van der Waals surface area contributed by atoms with E-state index in [2.05, 4.69) is 19.8 Å². The van der Waals surface area contributed by atoms with Crippen molar-refractivity contribution in [1.82, 2.24) is 10.3 Å². The molecule has 0 unspecified atom stereocenters. The van der Waals surface area contributed by atoms with Crippen molar-refractivity contribution in [1.29, 1.82) is 0 Å². The van der Waals surface area contributed by atoms with Gasteiger partial charge in [-0.1, -0.05) is 13.0 Å². The van der Waals surface area contributed by atoms with Gasteiger partial charge >= 0.3 is 11.9 Å². The third-order valence-corrected chi connectivity index (χ3v) is 2.88. The van der Waals surface area contributed by atoms with E-state index in [0.29, 0.717) is 0 Å². The molecule has 114 valence electrons. The van der Waals surface area contributed by atoms with E-state index in [1.165, 1.54) is 26.5 Å². The molecule has 0 radical (unpaired) electrons. The van der Waals surface area contributed by atoms with Crippen LogP contribution in [0.3, 0.4) is 0 Å². The molecule has 1 aromatic heterocycles. The van der Waals surface area contributed by atoms with Crippen molar-refractivity contribution >= 4 is 17.8 Å². The maximum atomic E-state index is 12.0. The van der Waals surface area contributed by atoms with Crippen LogP contribution in [0.1, 0.15) is 23.8 Å². The lowest BCUT2D eigenvalue weighted by Gasteiger charge is -2.18. The molecule has 21 heavy (non-hydrogen) atoms. The Morgan fingerprint density at radius 2 is 1.86 bits per heavy atom. The zero-order chi connectivity index (χ0) is 15.8. The molecular weight excluding hydrogens is 276 g/mol. The van der Waals surface area contributed by atoms with E-state index in [1.807, 2.05) is 0 Å². The fraction of sp³-hybridized carbons (Fsp3) is 0.429. The van der Waals surface area contributed by atoms with Gasteiger partial charge in [-0.2, -0.15) is 0 Å². The van der Waals surface area contributed by atoms with Gasteiger partial charge in [0.1, 0.15) is 11.7 Å². The summed E-state index contributed by atoms with van der Waals surface area (Å²) in [6.07, 6.45) is 1.55. The lowest BCUT2D eigenvalue weighted by molar-refractivity contribution is -0.147. The van der Waals surface area contributed by atoms with E-state index in [4.69, 9.17) is 0 Å². The van der Waals surface area contributed by atoms with Gasteiger partial charge in [0.05, 0.1) is 20.1 Å². The van der Waals surface area contributed by atoms with Crippen LogP contribution in [0.4, 0.5) is 0 Å². The molecule has 0 saturated heterocycles. The molecular formula is C14H18N2O5. The number of hydrogen-bond acceptors (Lipinski definition) is 6. The lowest BCUT2D eigenvalue weighted by atomic mass is 10.0. The van der Waals surface area contributed by atoms with Crippen LogP contribution in [0.2, 0.25) is 0 Å². The summed E-state index contributed by atoms with van der Waals surface area (Å²) in [5.41, 5.74) is 0.178. The van der Waals surface area contributed by atoms with Crippen LogP contribution in [0.25, 0.3) is 0 Å². The Bertz CT molecular complexity index is 503. The van der Waals surface area contributed by atoms with Crippen LogP contribution < -0.4 is 5.32 Å². The highest BCUT2D eigenvalue weighted by Crippen LogP contribution is 2.10. The molecule has 0 aliphatic carbocycles. The smallest absolute Gasteiger partial charge is 0.328 e. The molecule has 0 fully saturated rings. The van der Waals surface area contributed by atoms with E-state index in [9.17, 15) is 14.4 Å². The first kappa shape index (κ1) is 16.6. The van der Waals surface area contributed by atoms with Crippen LogP contribution in [-0.4, -0.2) is 43.1 Å². The minimum absolute atomic E-state index is 0.0813. The number of ether oxygens (including phenoxy) is 2. The summed E-state index contributed by atoms with van der Waals surface area (Å²) in [5.74, 6) is -2.16. The van der Waals surface area contributed by atoms with Gasteiger partial charge in [0.15, 0.2) is 0 Å². The fourth-order valence-electron chi connectivity index (χ4n) is 1.74. The Morgan fingerprint density at radius 3 is 2.38 bits per heavy atom. The van der Waals surface area contributed by atoms with Gasteiger partial charge in [0, 0.05) is 6.20 Å². The molecule has 0 aliphatic rings. The number of carbonyl (C=O) groups is 3. The van der Waals surface area contributed by atoms with Gasteiger partial charge in [-0.25, -0.2) is 4.79 Å². The number of hydrogen-bond donors (Lipinski definition) is 1. The standard InChI is InChI=1S/C14H18N2O5/c1-9(13(18)20-2)8-11(14(19)21-3)16-12(17)10-6-4-5-7-15-10/h4-7,9,11H,8H2,1-3H3,(H,16,17)/t9-,11-/m1/s1. The van der Waals surface area contributed by atoms with Crippen molar-refractivity contribution in [3.8, 4) is 0 Å². The maximum absolute atomic E-state index is 12.0. The van der Waals surface area contributed by atoms with Gasteiger partial charge in [0.2, 0.25) is 0 Å². The topological polar surface area (TPSA) is 94.6 Å². The van der Waals surface area contributed by atoms with E-state index < -0.39 is 29.8 Å².